The van der Waals surface area contributed by atoms with Gasteiger partial charge in [-0.05, 0) is 30.4 Å². The lowest BCUT2D eigenvalue weighted by molar-refractivity contribution is -0.190. The zero-order valence-corrected chi connectivity index (χ0v) is 19.1. The number of hydrogen-bond acceptors (Lipinski definition) is 3. The predicted molar refractivity (Wildman–Crippen MR) is 121 cm³/mol. The maximum absolute atomic E-state index is 13.7. The number of halogens is 3. The number of carbonyl (C=O) groups is 2. The number of nitrogens with zero attached hydrogens (tertiary/aromatic N) is 2. The zero-order valence-electron chi connectivity index (χ0n) is 19.1. The van der Waals surface area contributed by atoms with Crippen molar-refractivity contribution in [3.05, 3.63) is 71.8 Å². The van der Waals surface area contributed by atoms with Crippen molar-refractivity contribution in [3.8, 4) is 0 Å². The first kappa shape index (κ1) is 24.1. The van der Waals surface area contributed by atoms with Crippen LogP contribution in [-0.4, -0.2) is 46.1 Å². The average Bonchev–Trinajstić information content (AvgIpc) is 3.41. The summed E-state index contributed by atoms with van der Waals surface area (Å²) in [5.74, 6) is -2.07. The highest BCUT2D eigenvalue weighted by atomic mass is 19.4. The summed E-state index contributed by atoms with van der Waals surface area (Å²) in [7, 11) is 0. The van der Waals surface area contributed by atoms with Gasteiger partial charge in [0.05, 0.1) is 12.1 Å². The Kier molecular flexibility index (Phi) is 7.14. The Labute approximate surface area is 197 Å². The van der Waals surface area contributed by atoms with Crippen LogP contribution in [0.25, 0.3) is 0 Å². The highest BCUT2D eigenvalue weighted by Crippen LogP contribution is 2.46. The molecule has 5 nitrogen and oxygen atoms in total. The van der Waals surface area contributed by atoms with E-state index in [-0.39, 0.29) is 25.1 Å². The number of amides is 2. The van der Waals surface area contributed by atoms with Gasteiger partial charge in [-0.1, -0.05) is 74.0 Å². The first-order chi connectivity index (χ1) is 16.3. The molecule has 0 spiro atoms. The van der Waals surface area contributed by atoms with Crippen LogP contribution in [0.4, 0.5) is 18.0 Å². The van der Waals surface area contributed by atoms with Crippen LogP contribution in [0.15, 0.2) is 60.7 Å². The second-order valence-corrected chi connectivity index (χ2v) is 8.99. The van der Waals surface area contributed by atoms with E-state index >= 15 is 0 Å². The van der Waals surface area contributed by atoms with Gasteiger partial charge in [-0.2, -0.15) is 13.2 Å². The molecular formula is C26H29F3N2O3. The number of carbonyl (C=O) groups excluding carboxylic acids is 2. The molecule has 4 rings (SSSR count). The van der Waals surface area contributed by atoms with Gasteiger partial charge in [0, 0.05) is 18.5 Å². The van der Waals surface area contributed by atoms with Crippen LogP contribution < -0.4 is 0 Å². The SMILES string of the molecule is CC[C@H]1[C@@H](N(Cc2ccccc2)C(=O)C(F)(F)F)[C@H]2CCC[C@H]2N1C(=O)OCc1ccccc1. The molecule has 4 atom stereocenters. The first-order valence-corrected chi connectivity index (χ1v) is 11.7. The zero-order chi connectivity index (χ0) is 24.3. The number of hydrogen-bond donors (Lipinski definition) is 0. The Morgan fingerprint density at radius 3 is 2.21 bits per heavy atom. The molecule has 0 unspecified atom stereocenters. The van der Waals surface area contributed by atoms with Crippen molar-refractivity contribution < 1.29 is 27.5 Å². The molecule has 8 heteroatoms. The molecule has 0 bridgehead atoms. The maximum Gasteiger partial charge on any atom is 0.471 e. The van der Waals surface area contributed by atoms with Gasteiger partial charge in [-0.25, -0.2) is 4.79 Å². The minimum Gasteiger partial charge on any atom is -0.445 e. The molecule has 2 aliphatic rings. The molecule has 2 aromatic carbocycles. The van der Waals surface area contributed by atoms with Crippen LogP contribution in [0.5, 0.6) is 0 Å². The molecule has 0 radical (unpaired) electrons. The monoisotopic (exact) mass is 474 g/mol. The molecule has 0 aromatic heterocycles. The third-order valence-electron chi connectivity index (χ3n) is 6.97. The van der Waals surface area contributed by atoms with E-state index in [1.807, 2.05) is 37.3 Å². The first-order valence-electron chi connectivity index (χ1n) is 11.7. The summed E-state index contributed by atoms with van der Waals surface area (Å²) >= 11 is 0. The number of likely N-dealkylation sites (tertiary alicyclic amines) is 1. The fourth-order valence-electron chi connectivity index (χ4n) is 5.61. The normalized spacial score (nSPS) is 24.1. The van der Waals surface area contributed by atoms with E-state index in [9.17, 15) is 22.8 Å². The largest absolute Gasteiger partial charge is 0.471 e. The topological polar surface area (TPSA) is 49.9 Å². The Balaban J connectivity index is 1.63. The van der Waals surface area contributed by atoms with E-state index in [0.717, 1.165) is 16.9 Å². The molecule has 1 saturated carbocycles. The van der Waals surface area contributed by atoms with E-state index < -0.39 is 30.3 Å². The lowest BCUT2D eigenvalue weighted by Gasteiger charge is -2.37. The van der Waals surface area contributed by atoms with Crippen molar-refractivity contribution in [1.29, 1.82) is 0 Å². The molecule has 2 aromatic rings. The summed E-state index contributed by atoms with van der Waals surface area (Å²) < 4.78 is 46.7. The summed E-state index contributed by atoms with van der Waals surface area (Å²) in [6.45, 7) is 1.77. The summed E-state index contributed by atoms with van der Waals surface area (Å²) in [5.41, 5.74) is 1.45. The summed E-state index contributed by atoms with van der Waals surface area (Å²) in [6, 6.07) is 16.4. The number of ether oxygens (including phenoxy) is 1. The Morgan fingerprint density at radius 2 is 1.62 bits per heavy atom. The van der Waals surface area contributed by atoms with Gasteiger partial charge >= 0.3 is 18.2 Å². The van der Waals surface area contributed by atoms with Crippen molar-refractivity contribution in [2.24, 2.45) is 5.92 Å². The molecule has 1 aliphatic heterocycles. The molecule has 2 amide bonds. The standard InChI is InChI=1S/C26H29F3N2O3/c1-2-21-23(30(24(32)26(27,28)29)16-18-10-5-3-6-11-18)20-14-9-15-22(20)31(21)25(33)34-17-19-12-7-4-8-13-19/h3-8,10-13,20-23H,2,9,14-17H2,1H3/t20-,21-,22+,23-/m0/s1. The number of alkyl halides is 3. The van der Waals surface area contributed by atoms with Gasteiger partial charge in [-0.15, -0.1) is 0 Å². The molecule has 1 saturated heterocycles. The third kappa shape index (κ3) is 4.91. The summed E-state index contributed by atoms with van der Waals surface area (Å²) in [6.07, 6.45) is -2.95. The Hall–Kier alpha value is -3.03. The quantitative estimate of drug-likeness (QED) is 0.552. The fourth-order valence-corrected chi connectivity index (χ4v) is 5.61. The van der Waals surface area contributed by atoms with Gasteiger partial charge in [0.2, 0.25) is 0 Å². The lowest BCUT2D eigenvalue weighted by Crippen LogP contribution is -2.53. The second-order valence-electron chi connectivity index (χ2n) is 8.99. The average molecular weight is 475 g/mol. The van der Waals surface area contributed by atoms with Crippen LogP contribution in [0.2, 0.25) is 0 Å². The number of fused-ring (bicyclic) bond motifs is 1. The van der Waals surface area contributed by atoms with Crippen LogP contribution in [0.3, 0.4) is 0 Å². The van der Waals surface area contributed by atoms with E-state index in [1.165, 1.54) is 0 Å². The van der Waals surface area contributed by atoms with Gasteiger partial charge in [0.15, 0.2) is 0 Å². The molecule has 2 fully saturated rings. The van der Waals surface area contributed by atoms with Crippen molar-refractivity contribution in [2.75, 3.05) is 0 Å². The smallest absolute Gasteiger partial charge is 0.445 e. The van der Waals surface area contributed by atoms with Crippen LogP contribution in [-0.2, 0) is 22.7 Å². The molecule has 34 heavy (non-hydrogen) atoms. The molecule has 1 aliphatic carbocycles. The molecular weight excluding hydrogens is 445 g/mol. The Morgan fingerprint density at radius 1 is 1.00 bits per heavy atom. The predicted octanol–water partition coefficient (Wildman–Crippen LogP) is 5.55. The maximum atomic E-state index is 13.7. The van der Waals surface area contributed by atoms with Crippen LogP contribution in [0.1, 0.15) is 43.7 Å². The van der Waals surface area contributed by atoms with E-state index in [0.29, 0.717) is 24.8 Å². The number of rotatable bonds is 6. The number of benzene rings is 2. The van der Waals surface area contributed by atoms with Gasteiger partial charge in [0.25, 0.3) is 0 Å². The minimum absolute atomic E-state index is 0.0872. The van der Waals surface area contributed by atoms with Gasteiger partial charge in [-0.3, -0.25) is 9.69 Å². The van der Waals surface area contributed by atoms with E-state index in [2.05, 4.69) is 0 Å². The second kappa shape index (κ2) is 10.1. The molecule has 0 N–H and O–H groups in total. The van der Waals surface area contributed by atoms with E-state index in [1.54, 1.807) is 35.2 Å². The third-order valence-corrected chi connectivity index (χ3v) is 6.97. The van der Waals surface area contributed by atoms with Gasteiger partial charge < -0.3 is 9.64 Å². The summed E-state index contributed by atoms with van der Waals surface area (Å²) in [5, 5.41) is 0. The van der Waals surface area contributed by atoms with Crippen LogP contribution in [0, 0.1) is 5.92 Å². The lowest BCUT2D eigenvalue weighted by atomic mass is 9.92. The minimum atomic E-state index is -5.00. The Bertz CT molecular complexity index is 984. The summed E-state index contributed by atoms with van der Waals surface area (Å²) in [4.78, 5) is 28.4. The van der Waals surface area contributed by atoms with E-state index in [4.69, 9.17) is 4.74 Å². The molecule has 182 valence electrons. The van der Waals surface area contributed by atoms with Crippen LogP contribution >= 0.6 is 0 Å². The fraction of sp³-hybridized carbons (Fsp3) is 0.462. The van der Waals surface area contributed by atoms with Crippen molar-refractivity contribution >= 4 is 12.0 Å². The van der Waals surface area contributed by atoms with Crippen molar-refractivity contribution in [2.45, 2.75) is 70.1 Å². The van der Waals surface area contributed by atoms with Crippen molar-refractivity contribution in [1.82, 2.24) is 9.80 Å². The highest BCUT2D eigenvalue weighted by Gasteiger charge is 2.57. The molecule has 1 heterocycles. The highest BCUT2D eigenvalue weighted by molar-refractivity contribution is 5.82. The van der Waals surface area contributed by atoms with Gasteiger partial charge in [0.1, 0.15) is 6.61 Å². The van der Waals surface area contributed by atoms with Crippen molar-refractivity contribution in [3.63, 3.8) is 0 Å².